The molecule has 2 aromatic rings. The molecule has 2 amide bonds. The second kappa shape index (κ2) is 7.86. The molecule has 2 saturated heterocycles. The van der Waals surface area contributed by atoms with Gasteiger partial charge in [-0.15, -0.1) is 0 Å². The first-order valence-electron chi connectivity index (χ1n) is 13.0. The summed E-state index contributed by atoms with van der Waals surface area (Å²) in [7, 11) is -4.87. The Balaban J connectivity index is 0.842. The SMILES string of the molecule is N=S(=O)(c1ccc(OC2CC3(C2)CN(C(=O)N2CC4(CC(c5nc(C6CC6)n[nH]5)C4)C2)C3)cc1)C(F)(F)F. The van der Waals surface area contributed by atoms with Crippen molar-refractivity contribution in [3.63, 3.8) is 0 Å². The number of alkyl halides is 3. The van der Waals surface area contributed by atoms with Crippen molar-refractivity contribution >= 4 is 15.8 Å². The lowest BCUT2D eigenvalue weighted by atomic mass is 9.57. The Bertz CT molecular complexity index is 1360. The number of ether oxygens (including phenoxy) is 1. The summed E-state index contributed by atoms with van der Waals surface area (Å²) in [5.41, 5.74) is -4.83. The molecule has 1 unspecified atom stereocenters. The van der Waals surface area contributed by atoms with Crippen LogP contribution in [0.4, 0.5) is 18.0 Å². The highest BCUT2D eigenvalue weighted by molar-refractivity contribution is 7.93. The molecule has 1 atom stereocenters. The van der Waals surface area contributed by atoms with E-state index >= 15 is 0 Å². The highest BCUT2D eigenvalue weighted by Crippen LogP contribution is 2.57. The number of aromatic nitrogens is 3. The quantitative estimate of drug-likeness (QED) is 0.571. The van der Waals surface area contributed by atoms with Crippen molar-refractivity contribution < 1.29 is 26.9 Å². The third kappa shape index (κ3) is 3.87. The van der Waals surface area contributed by atoms with E-state index < -0.39 is 20.1 Å². The van der Waals surface area contributed by atoms with Gasteiger partial charge in [0.15, 0.2) is 15.6 Å². The van der Waals surface area contributed by atoms with Gasteiger partial charge >= 0.3 is 11.5 Å². The number of amides is 2. The van der Waals surface area contributed by atoms with Crippen molar-refractivity contribution in [1.82, 2.24) is 25.0 Å². The third-order valence-corrected chi connectivity index (χ3v) is 10.5. The third-order valence-electron chi connectivity index (χ3n) is 8.96. The number of benzene rings is 1. The van der Waals surface area contributed by atoms with Crippen LogP contribution in [0.3, 0.4) is 0 Å². The number of carbonyl (C=O) groups excluding carboxylic acids is 1. The van der Waals surface area contributed by atoms with Gasteiger partial charge in [-0.1, -0.05) is 0 Å². The van der Waals surface area contributed by atoms with E-state index in [0.29, 0.717) is 30.7 Å². The Labute approximate surface area is 218 Å². The highest BCUT2D eigenvalue weighted by Gasteiger charge is 2.59. The van der Waals surface area contributed by atoms with E-state index in [2.05, 4.69) is 15.2 Å². The van der Waals surface area contributed by atoms with Crippen LogP contribution in [-0.2, 0) is 9.73 Å². The molecular formula is C25H29F3N6O3S. The van der Waals surface area contributed by atoms with Crippen LogP contribution in [0.2, 0.25) is 0 Å². The van der Waals surface area contributed by atoms with Crippen molar-refractivity contribution in [1.29, 1.82) is 4.78 Å². The lowest BCUT2D eigenvalue weighted by molar-refractivity contribution is -0.117. The summed E-state index contributed by atoms with van der Waals surface area (Å²) in [4.78, 5) is 20.9. The fraction of sp³-hybridized carbons (Fsp3) is 0.640. The van der Waals surface area contributed by atoms with Crippen molar-refractivity contribution in [2.75, 3.05) is 26.2 Å². The monoisotopic (exact) mass is 550 g/mol. The first-order chi connectivity index (χ1) is 17.9. The summed E-state index contributed by atoms with van der Waals surface area (Å²) in [6, 6.07) is 4.84. The fourth-order valence-electron chi connectivity index (χ4n) is 6.71. The number of halogens is 3. The predicted octanol–water partition coefficient (Wildman–Crippen LogP) is 4.45. The van der Waals surface area contributed by atoms with Crippen molar-refractivity contribution in [3.8, 4) is 5.75 Å². The number of H-pyrrole nitrogens is 1. The zero-order chi connectivity index (χ0) is 26.5. The van der Waals surface area contributed by atoms with Gasteiger partial charge in [-0.25, -0.2) is 18.8 Å². The normalized spacial score (nSPS) is 25.8. The molecule has 2 spiro atoms. The van der Waals surface area contributed by atoms with Crippen LogP contribution in [0.1, 0.15) is 62.0 Å². The summed E-state index contributed by atoms with van der Waals surface area (Å²) in [6.07, 6.45) is 5.97. The predicted molar refractivity (Wildman–Crippen MR) is 129 cm³/mol. The molecule has 3 heterocycles. The Morgan fingerprint density at radius 1 is 1.00 bits per heavy atom. The molecule has 1 aromatic carbocycles. The van der Waals surface area contributed by atoms with Crippen LogP contribution in [0.25, 0.3) is 0 Å². The Hall–Kier alpha value is -2.83. The van der Waals surface area contributed by atoms with Gasteiger partial charge < -0.3 is 14.5 Å². The second-order valence-corrected chi connectivity index (χ2v) is 14.1. The van der Waals surface area contributed by atoms with Gasteiger partial charge in [0.2, 0.25) is 0 Å². The first kappa shape index (κ1) is 24.2. The fourth-order valence-corrected chi connectivity index (χ4v) is 7.50. The van der Waals surface area contributed by atoms with Crippen molar-refractivity contribution in [2.24, 2.45) is 10.8 Å². The minimum atomic E-state index is -5.11. The van der Waals surface area contributed by atoms with E-state index in [1.807, 2.05) is 9.80 Å². The second-order valence-electron chi connectivity index (χ2n) is 12.1. The van der Waals surface area contributed by atoms with E-state index in [1.165, 1.54) is 25.0 Å². The number of urea groups is 1. The minimum absolute atomic E-state index is 0.0573. The molecule has 38 heavy (non-hydrogen) atoms. The smallest absolute Gasteiger partial charge is 0.483 e. The minimum Gasteiger partial charge on any atom is -0.490 e. The number of nitrogens with zero attached hydrogens (tertiary/aromatic N) is 4. The Morgan fingerprint density at radius 3 is 2.13 bits per heavy atom. The topological polar surface area (TPSA) is 115 Å². The zero-order valence-corrected chi connectivity index (χ0v) is 21.5. The molecule has 13 heteroatoms. The molecule has 2 aliphatic heterocycles. The van der Waals surface area contributed by atoms with E-state index in [4.69, 9.17) is 9.52 Å². The molecular weight excluding hydrogens is 521 g/mol. The van der Waals surface area contributed by atoms with Gasteiger partial charge in [0, 0.05) is 48.8 Å². The van der Waals surface area contributed by atoms with E-state index in [-0.39, 0.29) is 23.0 Å². The first-order valence-corrected chi connectivity index (χ1v) is 14.6. The van der Waals surface area contributed by atoms with E-state index in [1.54, 1.807) is 0 Å². The van der Waals surface area contributed by atoms with Crippen LogP contribution >= 0.6 is 0 Å². The van der Waals surface area contributed by atoms with Crippen molar-refractivity contribution in [3.05, 3.63) is 35.9 Å². The number of aromatic amines is 1. The lowest BCUT2D eigenvalue weighted by Gasteiger charge is -2.62. The number of rotatable bonds is 5. The number of hydrogen-bond acceptors (Lipinski definition) is 6. The van der Waals surface area contributed by atoms with Crippen molar-refractivity contribution in [2.45, 2.75) is 66.9 Å². The lowest BCUT2D eigenvalue weighted by Crippen LogP contribution is -2.71. The zero-order valence-electron chi connectivity index (χ0n) is 20.7. The average molecular weight is 551 g/mol. The number of likely N-dealkylation sites (tertiary alicyclic amines) is 2. The van der Waals surface area contributed by atoms with Gasteiger partial charge in [-0.05, 0) is 62.8 Å². The molecule has 3 aliphatic carbocycles. The Kier molecular flexibility index (Phi) is 5.01. The molecule has 204 valence electrons. The highest BCUT2D eigenvalue weighted by atomic mass is 32.2. The Morgan fingerprint density at radius 2 is 1.58 bits per heavy atom. The van der Waals surface area contributed by atoms with E-state index in [0.717, 1.165) is 62.6 Å². The van der Waals surface area contributed by atoms with E-state index in [9.17, 15) is 22.2 Å². The average Bonchev–Trinajstić information content (AvgIpc) is 3.49. The number of hydrogen-bond donors (Lipinski definition) is 2. The van der Waals surface area contributed by atoms with Crippen LogP contribution in [-0.4, -0.2) is 73.0 Å². The van der Waals surface area contributed by atoms with Gasteiger partial charge in [0.05, 0.1) is 4.90 Å². The van der Waals surface area contributed by atoms with Gasteiger partial charge in [-0.2, -0.15) is 18.3 Å². The van der Waals surface area contributed by atoms with Gasteiger partial charge in [0.1, 0.15) is 17.7 Å². The summed E-state index contributed by atoms with van der Waals surface area (Å²) < 4.78 is 63.2. The molecule has 7 rings (SSSR count). The van der Waals surface area contributed by atoms with Crippen LogP contribution < -0.4 is 4.74 Å². The summed E-state index contributed by atoms with van der Waals surface area (Å²) >= 11 is 0. The van der Waals surface area contributed by atoms with Crippen LogP contribution in [0.5, 0.6) is 5.75 Å². The largest absolute Gasteiger partial charge is 0.490 e. The molecule has 0 bridgehead atoms. The molecule has 2 N–H and O–H groups in total. The molecule has 3 saturated carbocycles. The molecule has 5 aliphatic rings. The number of carbonyl (C=O) groups is 1. The van der Waals surface area contributed by atoms with Gasteiger partial charge in [-0.3, -0.25) is 5.10 Å². The molecule has 0 radical (unpaired) electrons. The maximum absolute atomic E-state index is 12.9. The van der Waals surface area contributed by atoms with Crippen LogP contribution in [0, 0.1) is 15.6 Å². The molecule has 1 aromatic heterocycles. The summed E-state index contributed by atoms with van der Waals surface area (Å²) in [5, 5.41) is 7.48. The number of nitrogens with one attached hydrogen (secondary N) is 2. The van der Waals surface area contributed by atoms with Gasteiger partial charge in [0.25, 0.3) is 0 Å². The molecule has 9 nitrogen and oxygen atoms in total. The van der Waals surface area contributed by atoms with Crippen LogP contribution in [0.15, 0.2) is 29.2 Å². The maximum atomic E-state index is 12.9. The summed E-state index contributed by atoms with van der Waals surface area (Å²) in [6.45, 7) is 3.00. The maximum Gasteiger partial charge on any atom is 0.483 e. The summed E-state index contributed by atoms with van der Waals surface area (Å²) in [5.74, 6) is 3.32. The molecule has 5 fully saturated rings. The standard InChI is InChI=1S/C25H29F3N6O3S/c26-25(27,28)38(29,36)19-5-3-17(4-6-19)37-18-9-24(10-18)13-34(14-24)22(35)33-11-23(12-33)7-16(8-23)21-30-20(31-32-21)15-1-2-15/h3-6,15-16,18,29H,1-2,7-14H2,(H,30,31,32).